The van der Waals surface area contributed by atoms with E-state index >= 15 is 0 Å². The van der Waals surface area contributed by atoms with Gasteiger partial charge in [0.15, 0.2) is 0 Å². The number of aliphatic imine (C=N–C) groups is 1. The number of fused-ring (bicyclic) bond motifs is 2. The first-order valence-corrected chi connectivity index (χ1v) is 9.77. The normalized spacial score (nSPS) is 17.5. The lowest BCUT2D eigenvalue weighted by molar-refractivity contribution is 0.240. The van der Waals surface area contributed by atoms with Crippen molar-refractivity contribution in [2.75, 3.05) is 7.05 Å². The van der Waals surface area contributed by atoms with Crippen LogP contribution in [-0.4, -0.2) is 22.3 Å². The first-order valence-electron chi connectivity index (χ1n) is 9.39. The first-order chi connectivity index (χ1) is 12.8. The molecule has 1 aliphatic heterocycles. The van der Waals surface area contributed by atoms with Gasteiger partial charge in [0.05, 0.1) is 21.6 Å². The van der Waals surface area contributed by atoms with Crippen molar-refractivity contribution >= 4 is 34.3 Å². The largest absolute Gasteiger partial charge is 0.296 e. The van der Waals surface area contributed by atoms with Crippen LogP contribution in [0.1, 0.15) is 45.0 Å². The summed E-state index contributed by atoms with van der Waals surface area (Å²) in [5.74, 6) is 0.876. The summed E-state index contributed by atoms with van der Waals surface area (Å²) in [6, 6.07) is 5.68. The smallest absolute Gasteiger partial charge is 0.261 e. The Morgan fingerprint density at radius 1 is 1.41 bits per heavy atom. The summed E-state index contributed by atoms with van der Waals surface area (Å²) in [7, 11) is 1.72. The number of allylic oxidation sites excluding steroid dienone is 3. The summed E-state index contributed by atoms with van der Waals surface area (Å²) in [4.78, 5) is 21.9. The molecule has 1 aliphatic rings. The highest BCUT2D eigenvalue weighted by molar-refractivity contribution is 6.47. The minimum atomic E-state index is 0.0473. The summed E-state index contributed by atoms with van der Waals surface area (Å²) >= 11 is 6.44. The molecule has 2 heterocycles. The molecule has 0 saturated carbocycles. The molecule has 0 bridgehead atoms. The van der Waals surface area contributed by atoms with Crippen LogP contribution in [0.25, 0.3) is 17.0 Å². The fourth-order valence-corrected chi connectivity index (χ4v) is 3.67. The molecule has 2 aromatic rings. The number of hydrogen-bond acceptors (Lipinski definition) is 3. The molecule has 1 aromatic heterocycles. The number of benzene rings is 1. The van der Waals surface area contributed by atoms with Crippen LogP contribution in [0.4, 0.5) is 0 Å². The number of hydrogen-bond donors (Lipinski definition) is 0. The van der Waals surface area contributed by atoms with Crippen LogP contribution in [-0.2, 0) is 13.0 Å². The van der Waals surface area contributed by atoms with Crippen molar-refractivity contribution in [3.05, 3.63) is 57.1 Å². The minimum Gasteiger partial charge on any atom is -0.296 e. The Morgan fingerprint density at radius 2 is 2.19 bits per heavy atom. The molecule has 0 N–H and O–H groups in total. The summed E-state index contributed by atoms with van der Waals surface area (Å²) in [6.45, 7) is 7.18. The van der Waals surface area contributed by atoms with Crippen LogP contribution >= 0.6 is 11.6 Å². The van der Waals surface area contributed by atoms with Gasteiger partial charge in [0, 0.05) is 20.0 Å². The second kappa shape index (κ2) is 7.81. The fourth-order valence-electron chi connectivity index (χ4n) is 3.40. The number of nitrogens with zero attached hydrogens (tertiary/aromatic N) is 3. The molecule has 0 atom stereocenters. The summed E-state index contributed by atoms with van der Waals surface area (Å²) in [5.41, 5.74) is 2.55. The predicted octanol–water partition coefficient (Wildman–Crippen LogP) is 4.99. The van der Waals surface area contributed by atoms with Crippen molar-refractivity contribution in [2.24, 2.45) is 10.4 Å². The second-order valence-corrected chi connectivity index (χ2v) is 8.18. The van der Waals surface area contributed by atoms with E-state index in [-0.39, 0.29) is 11.0 Å². The maximum absolute atomic E-state index is 12.9. The lowest BCUT2D eigenvalue weighted by atomic mass is 9.85. The molecule has 3 rings (SSSR count). The molecule has 0 unspecified atom stereocenters. The monoisotopic (exact) mass is 383 g/mol. The molecule has 0 amide bonds. The van der Waals surface area contributed by atoms with E-state index in [0.29, 0.717) is 10.4 Å². The third-order valence-corrected chi connectivity index (χ3v) is 5.26. The molecule has 27 heavy (non-hydrogen) atoms. The first kappa shape index (κ1) is 19.6. The van der Waals surface area contributed by atoms with Gasteiger partial charge < -0.3 is 0 Å². The molecule has 4 nitrogen and oxygen atoms in total. The lowest BCUT2D eigenvalue weighted by Gasteiger charge is -2.31. The van der Waals surface area contributed by atoms with E-state index < -0.39 is 0 Å². The quantitative estimate of drug-likeness (QED) is 0.698. The van der Waals surface area contributed by atoms with Crippen molar-refractivity contribution in [3.63, 3.8) is 0 Å². The highest BCUT2D eigenvalue weighted by Crippen LogP contribution is 2.29. The van der Waals surface area contributed by atoms with E-state index in [1.807, 2.05) is 41.0 Å². The van der Waals surface area contributed by atoms with Gasteiger partial charge in [-0.25, -0.2) is 4.98 Å². The van der Waals surface area contributed by atoms with E-state index in [2.05, 4.69) is 25.8 Å². The van der Waals surface area contributed by atoms with E-state index in [1.165, 1.54) is 0 Å². The van der Waals surface area contributed by atoms with E-state index in [4.69, 9.17) is 16.6 Å². The van der Waals surface area contributed by atoms with Gasteiger partial charge in [-0.05, 0) is 48.1 Å². The Bertz CT molecular complexity index is 1010. The zero-order chi connectivity index (χ0) is 19.6. The average Bonchev–Trinajstić information content (AvgIpc) is 2.63. The zero-order valence-electron chi connectivity index (χ0n) is 16.4. The Morgan fingerprint density at radius 3 is 2.89 bits per heavy atom. The standard InChI is InChI=1S/C22H26ClN3O/c1-5-6-7-18(24-4)17(23)12-15-8-9-16-19(13-15)25-20-10-11-22(2,3)14-26(20)21(16)27/h6-9,12-13H,5,10-11,14H2,1-4H3/b7-6-,17-12-,24-18?. The number of rotatable bonds is 4. The highest BCUT2D eigenvalue weighted by atomic mass is 35.5. The molecule has 0 fully saturated rings. The Kier molecular flexibility index (Phi) is 5.66. The maximum atomic E-state index is 12.9. The van der Waals surface area contributed by atoms with E-state index in [0.717, 1.165) is 48.4 Å². The molecule has 1 aromatic carbocycles. The predicted molar refractivity (Wildman–Crippen MR) is 115 cm³/mol. The Balaban J connectivity index is 2.03. The third kappa shape index (κ3) is 4.22. The van der Waals surface area contributed by atoms with Gasteiger partial charge in [0.1, 0.15) is 5.82 Å². The fraction of sp³-hybridized carbons (Fsp3) is 0.409. The van der Waals surface area contributed by atoms with Crippen molar-refractivity contribution in [3.8, 4) is 0 Å². The van der Waals surface area contributed by atoms with Crippen LogP contribution < -0.4 is 5.56 Å². The molecular formula is C22H26ClN3O. The lowest BCUT2D eigenvalue weighted by Crippen LogP contribution is -2.36. The molecule has 0 radical (unpaired) electrons. The summed E-state index contributed by atoms with van der Waals surface area (Å²) in [5, 5.41) is 1.22. The zero-order valence-corrected chi connectivity index (χ0v) is 17.2. The molecule has 142 valence electrons. The van der Waals surface area contributed by atoms with Crippen LogP contribution in [0.2, 0.25) is 0 Å². The van der Waals surface area contributed by atoms with Crippen LogP contribution in [0.15, 0.2) is 45.2 Å². The Labute approximate surface area is 165 Å². The molecule has 0 saturated heterocycles. The van der Waals surface area contributed by atoms with Crippen molar-refractivity contribution < 1.29 is 0 Å². The van der Waals surface area contributed by atoms with Crippen LogP contribution in [0, 0.1) is 5.41 Å². The Hall–Kier alpha value is -2.20. The van der Waals surface area contributed by atoms with Gasteiger partial charge in [0.2, 0.25) is 0 Å². The van der Waals surface area contributed by atoms with Crippen molar-refractivity contribution in [1.82, 2.24) is 9.55 Å². The van der Waals surface area contributed by atoms with Gasteiger partial charge in [-0.15, -0.1) is 0 Å². The van der Waals surface area contributed by atoms with E-state index in [9.17, 15) is 4.79 Å². The van der Waals surface area contributed by atoms with Crippen molar-refractivity contribution in [1.29, 1.82) is 0 Å². The molecule has 5 heteroatoms. The molecular weight excluding hydrogens is 358 g/mol. The van der Waals surface area contributed by atoms with Gasteiger partial charge in [-0.2, -0.15) is 0 Å². The number of halogens is 1. The second-order valence-electron chi connectivity index (χ2n) is 7.77. The topological polar surface area (TPSA) is 47.2 Å². The van der Waals surface area contributed by atoms with Gasteiger partial charge >= 0.3 is 0 Å². The van der Waals surface area contributed by atoms with Crippen LogP contribution in [0.3, 0.4) is 0 Å². The number of aromatic nitrogens is 2. The maximum Gasteiger partial charge on any atom is 0.261 e. The number of aryl methyl sites for hydroxylation is 1. The van der Waals surface area contributed by atoms with E-state index in [1.54, 1.807) is 7.05 Å². The third-order valence-electron chi connectivity index (χ3n) is 4.96. The van der Waals surface area contributed by atoms with Gasteiger partial charge in [-0.1, -0.05) is 44.5 Å². The molecule has 0 aliphatic carbocycles. The van der Waals surface area contributed by atoms with Crippen LogP contribution in [0.5, 0.6) is 0 Å². The summed E-state index contributed by atoms with van der Waals surface area (Å²) < 4.78 is 1.84. The van der Waals surface area contributed by atoms with Gasteiger partial charge in [-0.3, -0.25) is 14.4 Å². The SMILES string of the molecule is CC/C=C\C(=NC)/C(Cl)=C/c1ccc2c(=O)n3c(nc2c1)CCC(C)(C)C3. The minimum absolute atomic E-state index is 0.0473. The molecule has 0 spiro atoms. The van der Waals surface area contributed by atoms with Gasteiger partial charge in [0.25, 0.3) is 5.56 Å². The average molecular weight is 384 g/mol. The highest BCUT2D eigenvalue weighted by Gasteiger charge is 2.27. The van der Waals surface area contributed by atoms with Crippen molar-refractivity contribution in [2.45, 2.75) is 46.6 Å². The summed E-state index contributed by atoms with van der Waals surface area (Å²) in [6.07, 6.45) is 8.60.